The first-order valence-electron chi connectivity index (χ1n) is 7.14. The van der Waals surface area contributed by atoms with Crippen LogP contribution in [0.4, 0.5) is 0 Å². The first-order valence-corrected chi connectivity index (χ1v) is 9.84. The van der Waals surface area contributed by atoms with Gasteiger partial charge in [0.05, 0.1) is 4.90 Å². The first kappa shape index (κ1) is 16.8. The van der Waals surface area contributed by atoms with Crippen molar-refractivity contribution in [3.05, 3.63) is 29.8 Å². The average molecular weight is 329 g/mol. The average Bonchev–Trinajstić information content (AvgIpc) is 2.36. The van der Waals surface area contributed by atoms with E-state index in [0.29, 0.717) is 11.5 Å². The topological polar surface area (TPSA) is 72.2 Å². The van der Waals surface area contributed by atoms with Crippen molar-refractivity contribution in [2.45, 2.75) is 44.2 Å². The highest BCUT2D eigenvalue weighted by Gasteiger charge is 2.29. The van der Waals surface area contributed by atoms with Gasteiger partial charge in [0.1, 0.15) is 0 Å². The number of hydrogen-bond donors (Lipinski definition) is 2. The molecule has 1 aliphatic rings. The predicted molar refractivity (Wildman–Crippen MR) is 88.9 cm³/mol. The molecule has 1 aromatic rings. The lowest BCUT2D eigenvalue weighted by molar-refractivity contribution is 0.305. The molecule has 0 saturated carbocycles. The molecule has 4 nitrogen and oxygen atoms in total. The van der Waals surface area contributed by atoms with Crippen LogP contribution in [0.2, 0.25) is 0 Å². The zero-order chi connectivity index (χ0) is 15.7. The van der Waals surface area contributed by atoms with Crippen molar-refractivity contribution in [2.24, 2.45) is 10.6 Å². The van der Waals surface area contributed by atoms with Gasteiger partial charge in [-0.15, -0.1) is 0 Å². The molecule has 118 valence electrons. The Hall–Kier alpha value is -0.560. The van der Waals surface area contributed by atoms with E-state index in [0.717, 1.165) is 11.3 Å². The van der Waals surface area contributed by atoms with E-state index in [2.05, 4.69) is 26.1 Å². The standard InChI is InChI=1S/C15H24N2O2S2/c1-11(17-13-8-15(2,3)10-20-9-13)12-4-6-14(7-5-12)21(16,18)19/h4-7,11,13,17H,8-10H2,1-3H3,(H2,16,18,19). The third kappa shape index (κ3) is 4.71. The minimum Gasteiger partial charge on any atom is -0.307 e. The van der Waals surface area contributed by atoms with Gasteiger partial charge in [-0.25, -0.2) is 13.6 Å². The molecule has 2 rings (SSSR count). The fourth-order valence-electron chi connectivity index (χ4n) is 2.77. The van der Waals surface area contributed by atoms with Crippen LogP contribution < -0.4 is 10.5 Å². The Balaban J connectivity index is 2.02. The van der Waals surface area contributed by atoms with Gasteiger partial charge in [0.15, 0.2) is 0 Å². The molecule has 1 aromatic carbocycles. The van der Waals surface area contributed by atoms with Crippen LogP contribution in [-0.4, -0.2) is 26.0 Å². The molecule has 1 fully saturated rings. The predicted octanol–water partition coefficient (Wildman–Crippen LogP) is 2.52. The van der Waals surface area contributed by atoms with Crippen LogP contribution in [-0.2, 0) is 10.0 Å². The lowest BCUT2D eigenvalue weighted by Crippen LogP contribution is -2.41. The van der Waals surface area contributed by atoms with Crippen LogP contribution in [0, 0.1) is 5.41 Å². The maximum Gasteiger partial charge on any atom is 0.238 e. The largest absolute Gasteiger partial charge is 0.307 e. The summed E-state index contributed by atoms with van der Waals surface area (Å²) in [7, 11) is -3.61. The number of rotatable bonds is 4. The molecule has 2 atom stereocenters. The normalized spacial score (nSPS) is 23.7. The van der Waals surface area contributed by atoms with E-state index in [1.807, 2.05) is 23.9 Å². The van der Waals surface area contributed by atoms with Gasteiger partial charge < -0.3 is 5.32 Å². The molecule has 1 saturated heterocycles. The van der Waals surface area contributed by atoms with Gasteiger partial charge in [-0.1, -0.05) is 26.0 Å². The highest BCUT2D eigenvalue weighted by Crippen LogP contribution is 2.34. The molecule has 1 aliphatic heterocycles. The highest BCUT2D eigenvalue weighted by atomic mass is 32.2. The van der Waals surface area contributed by atoms with Crippen LogP contribution in [0.5, 0.6) is 0 Å². The monoisotopic (exact) mass is 328 g/mol. The molecule has 6 heteroatoms. The Kier molecular flexibility index (Phi) is 5.03. The molecule has 2 unspecified atom stereocenters. The number of thioether (sulfide) groups is 1. The van der Waals surface area contributed by atoms with Gasteiger partial charge in [0.2, 0.25) is 10.0 Å². The minimum absolute atomic E-state index is 0.160. The smallest absolute Gasteiger partial charge is 0.238 e. The Morgan fingerprint density at radius 1 is 1.33 bits per heavy atom. The van der Waals surface area contributed by atoms with Crippen molar-refractivity contribution < 1.29 is 8.42 Å². The molecular weight excluding hydrogens is 304 g/mol. The summed E-state index contributed by atoms with van der Waals surface area (Å²) < 4.78 is 22.5. The molecule has 1 heterocycles. The Morgan fingerprint density at radius 2 is 1.95 bits per heavy atom. The molecule has 0 aliphatic carbocycles. The molecule has 0 radical (unpaired) electrons. The van der Waals surface area contributed by atoms with E-state index in [9.17, 15) is 8.42 Å². The van der Waals surface area contributed by atoms with Crippen LogP contribution in [0.3, 0.4) is 0 Å². The summed E-state index contributed by atoms with van der Waals surface area (Å²) in [5, 5.41) is 8.76. The van der Waals surface area contributed by atoms with Crippen molar-refractivity contribution in [1.82, 2.24) is 5.32 Å². The molecular formula is C15H24N2O2S2. The number of primary sulfonamides is 1. The lowest BCUT2D eigenvalue weighted by atomic mass is 9.87. The summed E-state index contributed by atoms with van der Waals surface area (Å²) in [6.45, 7) is 6.72. The first-order chi connectivity index (χ1) is 9.67. The minimum atomic E-state index is -3.61. The Labute approximate surface area is 131 Å². The molecule has 0 aromatic heterocycles. The molecule has 0 amide bonds. The van der Waals surface area contributed by atoms with Crippen LogP contribution >= 0.6 is 11.8 Å². The van der Waals surface area contributed by atoms with Crippen LogP contribution in [0.1, 0.15) is 38.8 Å². The molecule has 0 spiro atoms. The summed E-state index contributed by atoms with van der Waals surface area (Å²) in [6.07, 6.45) is 1.17. The van der Waals surface area contributed by atoms with E-state index >= 15 is 0 Å². The Bertz CT molecular complexity index is 582. The van der Waals surface area contributed by atoms with Gasteiger partial charge in [0.25, 0.3) is 0 Å². The summed E-state index contributed by atoms with van der Waals surface area (Å²) in [5.74, 6) is 2.34. The number of hydrogen-bond acceptors (Lipinski definition) is 4. The quantitative estimate of drug-likeness (QED) is 0.891. The fourth-order valence-corrected chi connectivity index (χ4v) is 4.57. The maximum atomic E-state index is 11.3. The SMILES string of the molecule is CC(NC1CSCC(C)(C)C1)c1ccc(S(N)(=O)=O)cc1. The summed E-state index contributed by atoms with van der Waals surface area (Å²) in [4.78, 5) is 0.160. The van der Waals surface area contributed by atoms with Gasteiger partial charge in [-0.2, -0.15) is 11.8 Å². The van der Waals surface area contributed by atoms with E-state index < -0.39 is 10.0 Å². The summed E-state index contributed by atoms with van der Waals surface area (Å²) in [5.41, 5.74) is 1.45. The van der Waals surface area contributed by atoms with Crippen molar-refractivity contribution in [2.75, 3.05) is 11.5 Å². The maximum absolute atomic E-state index is 11.3. The fraction of sp³-hybridized carbons (Fsp3) is 0.600. The summed E-state index contributed by atoms with van der Waals surface area (Å²) >= 11 is 1.99. The third-order valence-corrected chi connectivity index (χ3v) is 6.36. The van der Waals surface area contributed by atoms with Crippen molar-refractivity contribution in [3.8, 4) is 0 Å². The number of sulfonamides is 1. The van der Waals surface area contributed by atoms with Crippen LogP contribution in [0.25, 0.3) is 0 Å². The Morgan fingerprint density at radius 3 is 2.48 bits per heavy atom. The number of nitrogens with one attached hydrogen (secondary N) is 1. The van der Waals surface area contributed by atoms with Gasteiger partial charge in [-0.05, 0) is 42.2 Å². The zero-order valence-electron chi connectivity index (χ0n) is 12.8. The van der Waals surface area contributed by atoms with Gasteiger partial charge in [0, 0.05) is 17.8 Å². The molecule has 21 heavy (non-hydrogen) atoms. The van der Waals surface area contributed by atoms with E-state index in [1.165, 1.54) is 12.2 Å². The van der Waals surface area contributed by atoms with E-state index in [-0.39, 0.29) is 10.9 Å². The lowest BCUT2D eigenvalue weighted by Gasteiger charge is -2.36. The van der Waals surface area contributed by atoms with Gasteiger partial charge in [-0.3, -0.25) is 0 Å². The van der Waals surface area contributed by atoms with Crippen molar-refractivity contribution in [1.29, 1.82) is 0 Å². The van der Waals surface area contributed by atoms with Gasteiger partial charge >= 0.3 is 0 Å². The number of benzene rings is 1. The second-order valence-electron chi connectivity index (χ2n) is 6.58. The third-order valence-electron chi connectivity index (χ3n) is 3.81. The van der Waals surface area contributed by atoms with E-state index in [1.54, 1.807) is 12.1 Å². The molecule has 0 bridgehead atoms. The second-order valence-corrected chi connectivity index (χ2v) is 9.17. The number of nitrogens with two attached hydrogens (primary N) is 1. The van der Waals surface area contributed by atoms with Crippen molar-refractivity contribution >= 4 is 21.8 Å². The summed E-state index contributed by atoms with van der Waals surface area (Å²) in [6, 6.07) is 7.49. The molecule has 3 N–H and O–H groups in total. The highest BCUT2D eigenvalue weighted by molar-refractivity contribution is 7.99. The second kappa shape index (κ2) is 6.28. The van der Waals surface area contributed by atoms with E-state index in [4.69, 9.17) is 5.14 Å². The zero-order valence-corrected chi connectivity index (χ0v) is 14.4. The van der Waals surface area contributed by atoms with Crippen molar-refractivity contribution in [3.63, 3.8) is 0 Å². The van der Waals surface area contributed by atoms with Crippen LogP contribution in [0.15, 0.2) is 29.2 Å².